The molecule has 3 heteroatoms. The standard InChI is InChI=1S/C21H17NO2/c1-3-15-24-21(23)20-18(14-13-16-9-5-4-6-10-16)17-11-7-8-12-19(17)22(20)2/h3-12H,1,15H2,2H3. The van der Waals surface area contributed by atoms with Gasteiger partial charge in [-0.3, -0.25) is 0 Å². The van der Waals surface area contributed by atoms with Crippen LogP contribution in [0.15, 0.2) is 67.3 Å². The van der Waals surface area contributed by atoms with Crippen molar-refractivity contribution in [3.8, 4) is 11.8 Å². The predicted molar refractivity (Wildman–Crippen MR) is 95.8 cm³/mol. The molecule has 0 aliphatic heterocycles. The van der Waals surface area contributed by atoms with Crippen LogP contribution >= 0.6 is 0 Å². The van der Waals surface area contributed by atoms with E-state index in [4.69, 9.17) is 4.74 Å². The largest absolute Gasteiger partial charge is 0.457 e. The molecule has 1 heterocycles. The molecule has 3 aromatic rings. The summed E-state index contributed by atoms with van der Waals surface area (Å²) in [6.45, 7) is 3.75. The van der Waals surface area contributed by atoms with Crippen LogP contribution in [0.2, 0.25) is 0 Å². The number of nitrogens with zero attached hydrogens (tertiary/aromatic N) is 1. The van der Waals surface area contributed by atoms with Crippen LogP contribution in [0.5, 0.6) is 0 Å². The van der Waals surface area contributed by atoms with Crippen molar-refractivity contribution in [1.29, 1.82) is 0 Å². The fraction of sp³-hybridized carbons (Fsp3) is 0.0952. The Kier molecular flexibility index (Phi) is 4.49. The Morgan fingerprint density at radius 2 is 1.83 bits per heavy atom. The average molecular weight is 315 g/mol. The van der Waals surface area contributed by atoms with Crippen LogP contribution in [0, 0.1) is 11.8 Å². The Hall–Kier alpha value is -3.25. The number of esters is 1. The van der Waals surface area contributed by atoms with E-state index in [9.17, 15) is 4.79 Å². The van der Waals surface area contributed by atoms with E-state index in [2.05, 4.69) is 18.4 Å². The number of para-hydroxylation sites is 1. The van der Waals surface area contributed by atoms with E-state index in [0.717, 1.165) is 16.5 Å². The summed E-state index contributed by atoms with van der Waals surface area (Å²) in [6.07, 6.45) is 1.55. The minimum atomic E-state index is -0.397. The Balaban J connectivity index is 2.16. The van der Waals surface area contributed by atoms with Gasteiger partial charge in [-0.05, 0) is 18.2 Å². The van der Waals surface area contributed by atoms with E-state index in [1.807, 2.05) is 66.2 Å². The summed E-state index contributed by atoms with van der Waals surface area (Å²) in [5.74, 6) is 5.88. The maximum absolute atomic E-state index is 12.5. The summed E-state index contributed by atoms with van der Waals surface area (Å²) in [5.41, 5.74) is 2.99. The monoisotopic (exact) mass is 315 g/mol. The molecule has 3 nitrogen and oxygen atoms in total. The number of fused-ring (bicyclic) bond motifs is 1. The van der Waals surface area contributed by atoms with E-state index in [0.29, 0.717) is 11.3 Å². The van der Waals surface area contributed by atoms with Crippen molar-refractivity contribution in [2.45, 2.75) is 0 Å². The van der Waals surface area contributed by atoms with Crippen molar-refractivity contribution in [2.75, 3.05) is 6.61 Å². The average Bonchev–Trinajstić information content (AvgIpc) is 2.91. The Bertz CT molecular complexity index is 956. The first-order chi connectivity index (χ1) is 11.7. The van der Waals surface area contributed by atoms with Crippen molar-refractivity contribution < 1.29 is 9.53 Å². The first kappa shape index (κ1) is 15.6. The first-order valence-corrected chi connectivity index (χ1v) is 7.65. The molecule has 0 fully saturated rings. The third-order valence-electron chi connectivity index (χ3n) is 3.74. The molecule has 3 rings (SSSR count). The molecule has 0 spiro atoms. The van der Waals surface area contributed by atoms with Crippen LogP contribution in [0.25, 0.3) is 10.9 Å². The van der Waals surface area contributed by atoms with Gasteiger partial charge in [-0.2, -0.15) is 0 Å². The van der Waals surface area contributed by atoms with E-state index in [1.165, 1.54) is 0 Å². The topological polar surface area (TPSA) is 31.2 Å². The normalized spacial score (nSPS) is 10.0. The zero-order chi connectivity index (χ0) is 16.9. The first-order valence-electron chi connectivity index (χ1n) is 7.65. The maximum atomic E-state index is 12.5. The number of carbonyl (C=O) groups is 1. The van der Waals surface area contributed by atoms with Gasteiger partial charge in [-0.15, -0.1) is 0 Å². The number of carbonyl (C=O) groups excluding carboxylic acids is 1. The number of hydrogen-bond acceptors (Lipinski definition) is 2. The molecular weight excluding hydrogens is 298 g/mol. The highest BCUT2D eigenvalue weighted by molar-refractivity contribution is 6.01. The third-order valence-corrected chi connectivity index (χ3v) is 3.74. The highest BCUT2D eigenvalue weighted by Gasteiger charge is 2.20. The number of ether oxygens (including phenoxy) is 1. The van der Waals surface area contributed by atoms with Gasteiger partial charge in [0, 0.05) is 23.5 Å². The van der Waals surface area contributed by atoms with Crippen molar-refractivity contribution in [1.82, 2.24) is 4.57 Å². The zero-order valence-corrected chi connectivity index (χ0v) is 13.5. The Morgan fingerprint density at radius 1 is 1.12 bits per heavy atom. The SMILES string of the molecule is C=CCOC(=O)c1c(C#Cc2ccccc2)c2ccccc2n1C. The van der Waals surface area contributed by atoms with Crippen molar-refractivity contribution in [3.05, 3.63) is 84.1 Å². The fourth-order valence-corrected chi connectivity index (χ4v) is 2.62. The number of aryl methyl sites for hydroxylation is 1. The summed E-state index contributed by atoms with van der Waals surface area (Å²) in [5, 5.41) is 0.939. The molecule has 0 unspecified atom stereocenters. The lowest BCUT2D eigenvalue weighted by atomic mass is 10.1. The van der Waals surface area contributed by atoms with E-state index in [-0.39, 0.29) is 6.61 Å². The molecule has 0 saturated carbocycles. The molecule has 0 N–H and O–H groups in total. The Labute approximate surface area is 141 Å². The van der Waals surface area contributed by atoms with Crippen molar-refractivity contribution in [2.24, 2.45) is 7.05 Å². The molecule has 118 valence electrons. The number of hydrogen-bond donors (Lipinski definition) is 0. The van der Waals surface area contributed by atoms with Gasteiger partial charge in [0.15, 0.2) is 0 Å². The number of aromatic nitrogens is 1. The van der Waals surface area contributed by atoms with E-state index in [1.54, 1.807) is 6.08 Å². The molecule has 0 atom stereocenters. The lowest BCUT2D eigenvalue weighted by molar-refractivity contribution is 0.0539. The minimum Gasteiger partial charge on any atom is -0.457 e. The van der Waals surface area contributed by atoms with Crippen LogP contribution in [0.3, 0.4) is 0 Å². The molecule has 0 aliphatic carbocycles. The van der Waals surface area contributed by atoms with Crippen LogP contribution in [0.4, 0.5) is 0 Å². The van der Waals surface area contributed by atoms with Gasteiger partial charge in [0.2, 0.25) is 0 Å². The fourth-order valence-electron chi connectivity index (χ4n) is 2.62. The summed E-state index contributed by atoms with van der Waals surface area (Å²) in [7, 11) is 1.85. The maximum Gasteiger partial charge on any atom is 0.356 e. The molecular formula is C21H17NO2. The molecule has 0 aliphatic rings. The van der Waals surface area contributed by atoms with Crippen molar-refractivity contribution >= 4 is 16.9 Å². The van der Waals surface area contributed by atoms with Crippen LogP contribution in [-0.2, 0) is 11.8 Å². The van der Waals surface area contributed by atoms with Crippen LogP contribution < -0.4 is 0 Å². The van der Waals surface area contributed by atoms with Crippen LogP contribution in [-0.4, -0.2) is 17.1 Å². The van der Waals surface area contributed by atoms with Gasteiger partial charge < -0.3 is 9.30 Å². The van der Waals surface area contributed by atoms with Gasteiger partial charge in [0.05, 0.1) is 5.56 Å². The predicted octanol–water partition coefficient (Wildman–Crippen LogP) is 3.92. The molecule has 2 aromatic carbocycles. The number of rotatable bonds is 3. The van der Waals surface area contributed by atoms with Crippen molar-refractivity contribution in [3.63, 3.8) is 0 Å². The Morgan fingerprint density at radius 3 is 2.58 bits per heavy atom. The van der Waals surface area contributed by atoms with E-state index >= 15 is 0 Å². The second-order valence-electron chi connectivity index (χ2n) is 5.30. The summed E-state index contributed by atoms with van der Waals surface area (Å²) in [4.78, 5) is 12.5. The van der Waals surface area contributed by atoms with Gasteiger partial charge in [0.1, 0.15) is 12.3 Å². The lowest BCUT2D eigenvalue weighted by Crippen LogP contribution is -2.11. The smallest absolute Gasteiger partial charge is 0.356 e. The summed E-state index contributed by atoms with van der Waals surface area (Å²) >= 11 is 0. The molecule has 0 saturated heterocycles. The minimum absolute atomic E-state index is 0.173. The van der Waals surface area contributed by atoms with Crippen LogP contribution in [0.1, 0.15) is 21.6 Å². The highest BCUT2D eigenvalue weighted by Crippen LogP contribution is 2.25. The lowest BCUT2D eigenvalue weighted by Gasteiger charge is -2.04. The second kappa shape index (κ2) is 6.89. The van der Waals surface area contributed by atoms with Gasteiger partial charge in [-0.1, -0.05) is 60.9 Å². The molecule has 1 aromatic heterocycles. The summed E-state index contributed by atoms with van der Waals surface area (Å²) < 4.78 is 7.06. The molecule has 0 radical (unpaired) electrons. The van der Waals surface area contributed by atoms with Gasteiger partial charge >= 0.3 is 5.97 Å². The third kappa shape index (κ3) is 2.95. The molecule has 24 heavy (non-hydrogen) atoms. The summed E-state index contributed by atoms with van der Waals surface area (Å²) in [6, 6.07) is 17.5. The highest BCUT2D eigenvalue weighted by atomic mass is 16.5. The quantitative estimate of drug-likeness (QED) is 0.417. The van der Waals surface area contributed by atoms with E-state index < -0.39 is 5.97 Å². The molecule has 0 bridgehead atoms. The zero-order valence-electron chi connectivity index (χ0n) is 13.5. The molecule has 0 amide bonds. The van der Waals surface area contributed by atoms with Gasteiger partial charge in [0.25, 0.3) is 0 Å². The van der Waals surface area contributed by atoms with Gasteiger partial charge in [-0.25, -0.2) is 4.79 Å². The second-order valence-corrected chi connectivity index (χ2v) is 5.30. The number of benzene rings is 2.